The van der Waals surface area contributed by atoms with Crippen molar-refractivity contribution in [1.82, 2.24) is 4.90 Å². The van der Waals surface area contributed by atoms with Crippen LogP contribution in [-0.4, -0.2) is 73.2 Å². The van der Waals surface area contributed by atoms with Gasteiger partial charge in [0.05, 0.1) is 18.0 Å². The number of amides is 1. The summed E-state index contributed by atoms with van der Waals surface area (Å²) in [5.74, 6) is -2.42. The first-order valence-electron chi connectivity index (χ1n) is 12.1. The van der Waals surface area contributed by atoms with Crippen molar-refractivity contribution in [2.24, 2.45) is 5.92 Å². The molecule has 186 valence electrons. The SMILES string of the molecule is CCOC(=O)C1C(=O)c2cc(F)c(N3CCN(C(=O)OC(C)(C)C)CC3)cc2N(C2CC2)C1C. The van der Waals surface area contributed by atoms with E-state index in [1.54, 1.807) is 17.9 Å². The number of carbonyl (C=O) groups excluding carboxylic acids is 3. The highest BCUT2D eigenvalue weighted by molar-refractivity contribution is 6.14. The third kappa shape index (κ3) is 4.70. The summed E-state index contributed by atoms with van der Waals surface area (Å²) in [5, 5.41) is 0. The van der Waals surface area contributed by atoms with Crippen LogP contribution in [0, 0.1) is 11.7 Å². The molecule has 1 aromatic carbocycles. The minimum atomic E-state index is -0.962. The van der Waals surface area contributed by atoms with Crippen LogP contribution in [0.25, 0.3) is 0 Å². The summed E-state index contributed by atoms with van der Waals surface area (Å²) in [4.78, 5) is 43.8. The van der Waals surface area contributed by atoms with E-state index in [9.17, 15) is 14.4 Å². The number of ketones is 1. The first-order chi connectivity index (χ1) is 16.0. The highest BCUT2D eigenvalue weighted by Crippen LogP contribution is 2.44. The Bertz CT molecular complexity index is 979. The highest BCUT2D eigenvalue weighted by Gasteiger charge is 2.48. The molecule has 34 heavy (non-hydrogen) atoms. The highest BCUT2D eigenvalue weighted by atomic mass is 19.1. The van der Waals surface area contributed by atoms with Gasteiger partial charge >= 0.3 is 12.1 Å². The fraction of sp³-hybridized carbons (Fsp3) is 0.640. The molecule has 1 amide bonds. The summed E-state index contributed by atoms with van der Waals surface area (Å²) in [6.07, 6.45) is 1.56. The lowest BCUT2D eigenvalue weighted by atomic mass is 9.84. The molecule has 0 spiro atoms. The van der Waals surface area contributed by atoms with Gasteiger partial charge in [0, 0.05) is 43.8 Å². The molecule has 0 aromatic heterocycles. The van der Waals surface area contributed by atoms with Crippen molar-refractivity contribution in [3.8, 4) is 0 Å². The molecular weight excluding hydrogens is 441 g/mol. The number of anilines is 2. The van der Waals surface area contributed by atoms with Crippen LogP contribution in [0.15, 0.2) is 12.1 Å². The van der Waals surface area contributed by atoms with Crippen LogP contribution in [0.2, 0.25) is 0 Å². The Kier molecular flexibility index (Phi) is 6.48. The van der Waals surface area contributed by atoms with E-state index in [0.717, 1.165) is 12.8 Å². The van der Waals surface area contributed by atoms with Crippen LogP contribution >= 0.6 is 0 Å². The molecule has 0 bridgehead atoms. The van der Waals surface area contributed by atoms with E-state index >= 15 is 4.39 Å². The average molecular weight is 476 g/mol. The largest absolute Gasteiger partial charge is 0.465 e. The number of hydrogen-bond acceptors (Lipinski definition) is 7. The molecule has 1 aromatic rings. The molecule has 2 unspecified atom stereocenters. The number of rotatable bonds is 4. The second kappa shape index (κ2) is 9.07. The van der Waals surface area contributed by atoms with Crippen LogP contribution in [-0.2, 0) is 14.3 Å². The number of hydrogen-bond donors (Lipinski definition) is 0. The van der Waals surface area contributed by atoms with Gasteiger partial charge in [-0.1, -0.05) is 0 Å². The number of fused-ring (bicyclic) bond motifs is 1. The van der Waals surface area contributed by atoms with Crippen LogP contribution < -0.4 is 9.80 Å². The third-order valence-corrected chi connectivity index (χ3v) is 6.57. The predicted octanol–water partition coefficient (Wildman–Crippen LogP) is 3.62. The number of ether oxygens (including phenoxy) is 2. The summed E-state index contributed by atoms with van der Waals surface area (Å²) >= 11 is 0. The number of piperazine rings is 1. The molecule has 9 heteroatoms. The Morgan fingerprint density at radius 1 is 1.09 bits per heavy atom. The quantitative estimate of drug-likeness (QED) is 0.486. The number of carbonyl (C=O) groups is 3. The summed E-state index contributed by atoms with van der Waals surface area (Å²) in [6.45, 7) is 11.0. The van der Waals surface area contributed by atoms with Gasteiger partial charge in [0.2, 0.25) is 0 Å². The number of esters is 1. The van der Waals surface area contributed by atoms with Crippen LogP contribution in [0.5, 0.6) is 0 Å². The Balaban J connectivity index is 1.58. The molecule has 4 rings (SSSR count). The van der Waals surface area contributed by atoms with Crippen molar-refractivity contribution in [1.29, 1.82) is 0 Å². The number of Topliss-reactive ketones (excluding diaryl/α,β-unsaturated/α-hetero) is 1. The minimum Gasteiger partial charge on any atom is -0.465 e. The third-order valence-electron chi connectivity index (χ3n) is 6.57. The van der Waals surface area contributed by atoms with E-state index in [4.69, 9.17) is 9.47 Å². The van der Waals surface area contributed by atoms with E-state index < -0.39 is 29.1 Å². The Hall–Kier alpha value is -2.84. The van der Waals surface area contributed by atoms with Gasteiger partial charge in [-0.05, 0) is 59.6 Å². The number of halogens is 1. The summed E-state index contributed by atoms with van der Waals surface area (Å²) in [6, 6.07) is 2.86. The monoisotopic (exact) mass is 475 g/mol. The zero-order chi connectivity index (χ0) is 24.8. The molecule has 8 nitrogen and oxygen atoms in total. The van der Waals surface area contributed by atoms with Gasteiger partial charge in [-0.3, -0.25) is 9.59 Å². The second-order valence-corrected chi connectivity index (χ2v) is 10.2. The maximum absolute atomic E-state index is 15.3. The fourth-order valence-corrected chi connectivity index (χ4v) is 4.85. The minimum absolute atomic E-state index is 0.189. The van der Waals surface area contributed by atoms with Crippen molar-refractivity contribution in [2.75, 3.05) is 42.6 Å². The van der Waals surface area contributed by atoms with Crippen molar-refractivity contribution in [2.45, 2.75) is 65.1 Å². The van der Waals surface area contributed by atoms with Crippen LogP contribution in [0.3, 0.4) is 0 Å². The standard InChI is InChI=1S/C25H34FN3O5/c1-6-33-23(31)21-15(2)29(16-7-8-16)19-14-20(18(26)13-17(19)22(21)30)27-9-11-28(12-10-27)24(32)34-25(3,4)5/h13-16,21H,6-12H2,1-5H3. The number of benzene rings is 1. The summed E-state index contributed by atoms with van der Waals surface area (Å²) < 4.78 is 25.9. The molecule has 0 radical (unpaired) electrons. The zero-order valence-electron chi connectivity index (χ0n) is 20.6. The first-order valence-corrected chi connectivity index (χ1v) is 12.1. The zero-order valence-corrected chi connectivity index (χ0v) is 20.6. The van der Waals surface area contributed by atoms with Crippen LogP contribution in [0.1, 0.15) is 57.8 Å². The lowest BCUT2D eigenvalue weighted by molar-refractivity contribution is -0.146. The van der Waals surface area contributed by atoms with Gasteiger partial charge < -0.3 is 24.2 Å². The fourth-order valence-electron chi connectivity index (χ4n) is 4.85. The molecular formula is C25H34FN3O5. The Labute approximate surface area is 200 Å². The van der Waals surface area contributed by atoms with Gasteiger partial charge in [0.15, 0.2) is 5.78 Å². The first kappa shape index (κ1) is 24.3. The van der Waals surface area contributed by atoms with E-state index in [0.29, 0.717) is 37.6 Å². The van der Waals surface area contributed by atoms with E-state index in [-0.39, 0.29) is 30.3 Å². The van der Waals surface area contributed by atoms with E-state index in [1.807, 2.05) is 32.6 Å². The predicted molar refractivity (Wildman–Crippen MR) is 126 cm³/mol. The lowest BCUT2D eigenvalue weighted by Crippen LogP contribution is -2.52. The average Bonchev–Trinajstić information content (AvgIpc) is 3.58. The van der Waals surface area contributed by atoms with Gasteiger partial charge in [-0.25, -0.2) is 9.18 Å². The molecule has 2 heterocycles. The van der Waals surface area contributed by atoms with Crippen molar-refractivity contribution in [3.05, 3.63) is 23.5 Å². The van der Waals surface area contributed by atoms with Crippen molar-refractivity contribution in [3.63, 3.8) is 0 Å². The van der Waals surface area contributed by atoms with Crippen LogP contribution in [0.4, 0.5) is 20.6 Å². The van der Waals surface area contributed by atoms with Gasteiger partial charge in [0.25, 0.3) is 0 Å². The molecule has 1 saturated carbocycles. The maximum atomic E-state index is 15.3. The van der Waals surface area contributed by atoms with E-state index in [2.05, 4.69) is 4.90 Å². The lowest BCUT2D eigenvalue weighted by Gasteiger charge is -2.42. The van der Waals surface area contributed by atoms with Gasteiger partial charge in [0.1, 0.15) is 17.3 Å². The number of nitrogens with zero attached hydrogens (tertiary/aromatic N) is 3. The van der Waals surface area contributed by atoms with Gasteiger partial charge in [-0.15, -0.1) is 0 Å². The smallest absolute Gasteiger partial charge is 0.410 e. The topological polar surface area (TPSA) is 79.4 Å². The Morgan fingerprint density at radius 3 is 2.29 bits per heavy atom. The molecule has 1 aliphatic carbocycles. The molecule has 3 aliphatic rings. The molecule has 0 N–H and O–H groups in total. The van der Waals surface area contributed by atoms with Crippen molar-refractivity contribution >= 4 is 29.2 Å². The van der Waals surface area contributed by atoms with Crippen molar-refractivity contribution < 1.29 is 28.2 Å². The maximum Gasteiger partial charge on any atom is 0.410 e. The van der Waals surface area contributed by atoms with Gasteiger partial charge in [-0.2, -0.15) is 0 Å². The second-order valence-electron chi connectivity index (χ2n) is 10.2. The van der Waals surface area contributed by atoms with E-state index in [1.165, 1.54) is 6.07 Å². The normalized spacial score (nSPS) is 23.0. The summed E-state index contributed by atoms with van der Waals surface area (Å²) in [5.41, 5.74) is 0.737. The molecule has 2 fully saturated rings. The molecule has 1 saturated heterocycles. The summed E-state index contributed by atoms with van der Waals surface area (Å²) in [7, 11) is 0. The molecule has 2 atom stereocenters. The Morgan fingerprint density at radius 2 is 1.74 bits per heavy atom. The molecule has 2 aliphatic heterocycles.